The van der Waals surface area contributed by atoms with Gasteiger partial charge in [-0.3, -0.25) is 4.79 Å². The number of carbonyl (C=O) groups is 1. The summed E-state index contributed by atoms with van der Waals surface area (Å²) in [5.74, 6) is -0.970. The summed E-state index contributed by atoms with van der Waals surface area (Å²) in [4.78, 5) is 10.7. The van der Waals surface area contributed by atoms with Gasteiger partial charge in [0.25, 0.3) is 0 Å². The molecule has 0 unspecified atom stereocenters. The first-order chi connectivity index (χ1) is 14.3. The number of carboxylic acids is 1. The molecule has 1 aliphatic carbocycles. The lowest BCUT2D eigenvalue weighted by molar-refractivity contribution is -0.140. The molecule has 1 aliphatic rings. The molecule has 3 rings (SSSR count). The Kier molecular flexibility index (Phi) is 7.19. The van der Waals surface area contributed by atoms with Crippen molar-refractivity contribution >= 4 is 5.97 Å². The SMILES string of the molecule is O=C(O)CCc1ccc(OCC2=C(CCc3ccccc3)CCC2)cc1C(F)(F)F. The van der Waals surface area contributed by atoms with Crippen LogP contribution in [0.4, 0.5) is 13.2 Å². The van der Waals surface area contributed by atoms with Crippen LogP contribution in [0.3, 0.4) is 0 Å². The minimum atomic E-state index is -4.55. The van der Waals surface area contributed by atoms with Crippen molar-refractivity contribution in [1.29, 1.82) is 0 Å². The Labute approximate surface area is 174 Å². The van der Waals surface area contributed by atoms with Crippen molar-refractivity contribution in [2.75, 3.05) is 6.61 Å². The number of carboxylic acid groups (broad SMARTS) is 1. The third-order valence-corrected chi connectivity index (χ3v) is 5.42. The van der Waals surface area contributed by atoms with E-state index in [4.69, 9.17) is 9.84 Å². The van der Waals surface area contributed by atoms with E-state index in [9.17, 15) is 18.0 Å². The van der Waals surface area contributed by atoms with Gasteiger partial charge in [-0.1, -0.05) is 42.0 Å². The number of aliphatic carboxylic acids is 1. The smallest absolute Gasteiger partial charge is 0.416 e. The average molecular weight is 418 g/mol. The molecule has 1 N–H and O–H groups in total. The number of rotatable bonds is 9. The fourth-order valence-corrected chi connectivity index (χ4v) is 3.82. The molecule has 3 nitrogen and oxygen atoms in total. The zero-order valence-electron chi connectivity index (χ0n) is 16.7. The fraction of sp³-hybridized carbons (Fsp3) is 0.375. The van der Waals surface area contributed by atoms with Gasteiger partial charge in [0.15, 0.2) is 0 Å². The zero-order valence-corrected chi connectivity index (χ0v) is 16.7. The number of hydrogen-bond acceptors (Lipinski definition) is 2. The molecule has 2 aromatic carbocycles. The molecule has 0 bridgehead atoms. The van der Waals surface area contributed by atoms with Gasteiger partial charge >= 0.3 is 12.1 Å². The third kappa shape index (κ3) is 6.12. The lowest BCUT2D eigenvalue weighted by Gasteiger charge is -2.15. The van der Waals surface area contributed by atoms with Gasteiger partial charge in [-0.25, -0.2) is 0 Å². The van der Waals surface area contributed by atoms with Gasteiger partial charge in [-0.2, -0.15) is 13.2 Å². The first kappa shape index (κ1) is 21.9. The van der Waals surface area contributed by atoms with Crippen LogP contribution in [0.5, 0.6) is 5.75 Å². The Morgan fingerprint density at radius 3 is 2.40 bits per heavy atom. The van der Waals surface area contributed by atoms with Crippen molar-refractivity contribution in [3.05, 3.63) is 76.4 Å². The van der Waals surface area contributed by atoms with Crippen LogP contribution in [0.2, 0.25) is 0 Å². The quantitative estimate of drug-likeness (QED) is 0.492. The second-order valence-corrected chi connectivity index (χ2v) is 7.55. The molecule has 0 spiro atoms. The zero-order chi connectivity index (χ0) is 21.6. The normalized spacial score (nSPS) is 14.2. The van der Waals surface area contributed by atoms with Gasteiger partial charge in [-0.15, -0.1) is 0 Å². The number of benzene rings is 2. The van der Waals surface area contributed by atoms with Crippen molar-refractivity contribution < 1.29 is 27.8 Å². The average Bonchev–Trinajstić information content (AvgIpc) is 3.17. The Morgan fingerprint density at radius 2 is 1.70 bits per heavy atom. The van der Waals surface area contributed by atoms with Crippen LogP contribution in [0.15, 0.2) is 59.7 Å². The van der Waals surface area contributed by atoms with Gasteiger partial charge in [0.05, 0.1) is 5.56 Å². The summed E-state index contributed by atoms with van der Waals surface area (Å²) in [5, 5.41) is 8.76. The van der Waals surface area contributed by atoms with E-state index in [1.54, 1.807) is 0 Å². The Balaban J connectivity index is 1.67. The van der Waals surface area contributed by atoms with Crippen LogP contribution in [-0.4, -0.2) is 17.7 Å². The third-order valence-electron chi connectivity index (χ3n) is 5.42. The van der Waals surface area contributed by atoms with Crippen LogP contribution < -0.4 is 4.74 Å². The largest absolute Gasteiger partial charge is 0.489 e. The molecule has 30 heavy (non-hydrogen) atoms. The molecule has 0 aliphatic heterocycles. The van der Waals surface area contributed by atoms with Crippen molar-refractivity contribution in [1.82, 2.24) is 0 Å². The van der Waals surface area contributed by atoms with E-state index in [1.807, 2.05) is 18.2 Å². The summed E-state index contributed by atoms with van der Waals surface area (Å²) in [6.45, 7) is 0.288. The molecule has 0 atom stereocenters. The summed E-state index contributed by atoms with van der Waals surface area (Å²) in [5.41, 5.74) is 2.93. The van der Waals surface area contributed by atoms with E-state index < -0.39 is 17.7 Å². The number of halogens is 3. The first-order valence-corrected chi connectivity index (χ1v) is 10.1. The molecule has 6 heteroatoms. The number of ether oxygens (including phenoxy) is 1. The predicted molar refractivity (Wildman–Crippen MR) is 109 cm³/mol. The highest BCUT2D eigenvalue weighted by molar-refractivity contribution is 5.67. The lowest BCUT2D eigenvalue weighted by atomic mass is 10.0. The highest BCUT2D eigenvalue weighted by atomic mass is 19.4. The molecule has 0 aromatic heterocycles. The second kappa shape index (κ2) is 9.83. The maximum Gasteiger partial charge on any atom is 0.416 e. The van der Waals surface area contributed by atoms with Crippen molar-refractivity contribution in [2.45, 2.75) is 51.1 Å². The molecule has 160 valence electrons. The van der Waals surface area contributed by atoms with Gasteiger partial charge < -0.3 is 9.84 Å². The first-order valence-electron chi connectivity index (χ1n) is 10.1. The van der Waals surface area contributed by atoms with Crippen LogP contribution in [0, 0.1) is 0 Å². The Morgan fingerprint density at radius 1 is 0.967 bits per heavy atom. The van der Waals surface area contributed by atoms with E-state index >= 15 is 0 Å². The lowest BCUT2D eigenvalue weighted by Crippen LogP contribution is -2.11. The standard InChI is InChI=1S/C24H25F3O3/c25-24(26,27)22-15-21(13-11-19(22)12-14-23(28)29)30-16-20-8-4-7-18(20)10-9-17-5-2-1-3-6-17/h1-3,5-6,11,13,15H,4,7-10,12,14,16H2,(H,28,29). The Bertz CT molecular complexity index is 902. The van der Waals surface area contributed by atoms with Crippen molar-refractivity contribution in [3.8, 4) is 5.75 Å². The number of alkyl halides is 3. The molecule has 0 amide bonds. The highest BCUT2D eigenvalue weighted by Gasteiger charge is 2.33. The van der Waals surface area contributed by atoms with E-state index in [0.29, 0.717) is 0 Å². The summed E-state index contributed by atoms with van der Waals surface area (Å²) in [6.07, 6.45) is -0.229. The van der Waals surface area contributed by atoms with Gasteiger partial charge in [-0.05, 0) is 67.4 Å². The molecule has 0 heterocycles. The van der Waals surface area contributed by atoms with Crippen LogP contribution in [0.1, 0.15) is 48.8 Å². The van der Waals surface area contributed by atoms with E-state index in [1.165, 1.54) is 28.8 Å². The monoisotopic (exact) mass is 418 g/mol. The molecule has 0 fully saturated rings. The summed E-state index contributed by atoms with van der Waals surface area (Å²) in [6, 6.07) is 14.0. The number of allylic oxidation sites excluding steroid dienone is 1. The van der Waals surface area contributed by atoms with Crippen LogP contribution >= 0.6 is 0 Å². The maximum atomic E-state index is 13.4. The summed E-state index contributed by atoms with van der Waals surface area (Å²) >= 11 is 0. The molecular formula is C24H25F3O3. The number of aryl methyl sites for hydroxylation is 2. The molecular weight excluding hydrogens is 393 g/mol. The van der Waals surface area contributed by atoms with Gasteiger partial charge in [0.1, 0.15) is 12.4 Å². The number of hydrogen-bond donors (Lipinski definition) is 1. The maximum absolute atomic E-state index is 13.4. The second-order valence-electron chi connectivity index (χ2n) is 7.55. The van der Waals surface area contributed by atoms with Crippen molar-refractivity contribution in [3.63, 3.8) is 0 Å². The molecule has 0 saturated heterocycles. The van der Waals surface area contributed by atoms with E-state index in [0.717, 1.165) is 38.2 Å². The summed E-state index contributed by atoms with van der Waals surface area (Å²) < 4.78 is 45.9. The molecule has 0 saturated carbocycles. The highest BCUT2D eigenvalue weighted by Crippen LogP contribution is 2.36. The van der Waals surface area contributed by atoms with E-state index in [-0.39, 0.29) is 30.8 Å². The van der Waals surface area contributed by atoms with Crippen LogP contribution in [-0.2, 0) is 23.8 Å². The van der Waals surface area contributed by atoms with E-state index in [2.05, 4.69) is 12.1 Å². The fourth-order valence-electron chi connectivity index (χ4n) is 3.82. The van der Waals surface area contributed by atoms with Crippen molar-refractivity contribution in [2.24, 2.45) is 0 Å². The summed E-state index contributed by atoms with van der Waals surface area (Å²) in [7, 11) is 0. The molecule has 2 aromatic rings. The Hall–Kier alpha value is -2.76. The minimum absolute atomic E-state index is 0.0270. The van der Waals surface area contributed by atoms with Crippen LogP contribution in [0.25, 0.3) is 0 Å². The predicted octanol–water partition coefficient (Wildman–Crippen LogP) is 6.21. The topological polar surface area (TPSA) is 46.5 Å². The molecule has 0 radical (unpaired) electrons. The minimum Gasteiger partial charge on any atom is -0.489 e. The van der Waals surface area contributed by atoms with Gasteiger partial charge in [0.2, 0.25) is 0 Å². The van der Waals surface area contributed by atoms with Gasteiger partial charge in [0, 0.05) is 6.42 Å².